The van der Waals surface area contributed by atoms with Gasteiger partial charge < -0.3 is 9.47 Å². The maximum Gasteiger partial charge on any atom is 0.143 e. The Labute approximate surface area is 217 Å². The monoisotopic (exact) mass is 496 g/mol. The van der Waals surface area contributed by atoms with Crippen LogP contribution in [-0.4, -0.2) is 32.2 Å². The van der Waals surface area contributed by atoms with Crippen LogP contribution in [0.3, 0.4) is 0 Å². The van der Waals surface area contributed by atoms with E-state index < -0.39 is 0 Å². The van der Waals surface area contributed by atoms with Crippen molar-refractivity contribution in [3.63, 3.8) is 0 Å². The molecule has 4 nitrogen and oxygen atoms in total. The summed E-state index contributed by atoms with van der Waals surface area (Å²) in [5.41, 5.74) is 4.65. The van der Waals surface area contributed by atoms with Crippen LogP contribution in [-0.2, 0) is 4.74 Å². The summed E-state index contributed by atoms with van der Waals surface area (Å²) in [5.74, 6) is 2.07. The van der Waals surface area contributed by atoms with Crippen molar-refractivity contribution in [1.82, 2.24) is 0 Å². The molecule has 0 fully saturated rings. The second-order valence-corrected chi connectivity index (χ2v) is 11.7. The van der Waals surface area contributed by atoms with Crippen molar-refractivity contribution in [3.05, 3.63) is 70.4 Å². The average Bonchev–Trinajstić information content (AvgIpc) is 2.82. The number of methoxy groups -OCH3 is 2. The van der Waals surface area contributed by atoms with Gasteiger partial charge >= 0.3 is 0 Å². The number of allylic oxidation sites excluding steroid dienone is 1. The first-order valence-corrected chi connectivity index (χ1v) is 12.8. The number of benzene rings is 2. The molecule has 0 radical (unpaired) electrons. The molecule has 1 heterocycles. The molecule has 0 aliphatic carbocycles. The summed E-state index contributed by atoms with van der Waals surface area (Å²) in [4.78, 5) is 7.43. The zero-order valence-electron chi connectivity index (χ0n) is 22.6. The smallest absolute Gasteiger partial charge is 0.143 e. The average molecular weight is 497 g/mol. The minimum atomic E-state index is -0.215. The van der Waals surface area contributed by atoms with Crippen molar-refractivity contribution in [1.29, 1.82) is 0 Å². The van der Waals surface area contributed by atoms with Crippen LogP contribution in [0.25, 0.3) is 0 Å². The molecule has 2 aromatic carbocycles. The van der Waals surface area contributed by atoms with E-state index in [1.165, 1.54) is 11.3 Å². The fourth-order valence-corrected chi connectivity index (χ4v) is 4.82. The number of nitrogens with zero attached hydrogens (tertiary/aromatic N) is 2. The number of ether oxygens (including phenoxy) is 2. The molecule has 1 aliphatic heterocycles. The number of aliphatic imine (C=N–C) groups is 1. The maximum atomic E-state index is 6.25. The number of anilines is 1. The molecular weight excluding hydrogens is 456 g/mol. The minimum absolute atomic E-state index is 0.215. The molecule has 5 heteroatoms. The Morgan fingerprint density at radius 2 is 1.66 bits per heavy atom. The Hall–Kier alpha value is -2.30. The summed E-state index contributed by atoms with van der Waals surface area (Å²) in [6.07, 6.45) is 3.18. The van der Waals surface area contributed by atoms with E-state index in [0.29, 0.717) is 17.5 Å². The normalized spacial score (nSPS) is 15.8. The highest BCUT2D eigenvalue weighted by atomic mass is 35.5. The van der Waals surface area contributed by atoms with Crippen LogP contribution >= 0.6 is 11.6 Å². The Morgan fingerprint density at radius 3 is 2.26 bits per heavy atom. The van der Waals surface area contributed by atoms with E-state index in [1.807, 2.05) is 30.3 Å². The molecule has 1 aliphatic rings. The summed E-state index contributed by atoms with van der Waals surface area (Å²) in [6, 6.07) is 16.1. The molecule has 1 unspecified atom stereocenters. The quantitative estimate of drug-likeness (QED) is 0.351. The van der Waals surface area contributed by atoms with E-state index in [-0.39, 0.29) is 11.0 Å². The maximum absolute atomic E-state index is 6.25. The molecule has 1 atom stereocenters. The molecule has 2 aromatic rings. The van der Waals surface area contributed by atoms with E-state index in [0.717, 1.165) is 42.1 Å². The third-order valence-corrected chi connectivity index (χ3v) is 7.12. The Bertz CT molecular complexity index is 1060. The molecular formula is C30H41ClN2O2. The van der Waals surface area contributed by atoms with Crippen LogP contribution in [0.5, 0.6) is 5.75 Å². The number of hydrogen-bond acceptors (Lipinski definition) is 4. The standard InChI is InChI=1S/C30H41ClN2O2/c1-21-26(22(17-18-29(2,3)4)19-30(5,6)35-8)20-32-28(25-11-9-10-12-27(25)34-7)33(21)24-15-13-23(31)14-16-24/h9-16,22H,17-20H2,1-8H3. The number of amidine groups is 1. The minimum Gasteiger partial charge on any atom is -0.496 e. The van der Waals surface area contributed by atoms with E-state index in [2.05, 4.69) is 64.6 Å². The molecule has 0 aromatic heterocycles. The van der Waals surface area contributed by atoms with Crippen molar-refractivity contribution >= 4 is 23.1 Å². The lowest BCUT2D eigenvalue weighted by Gasteiger charge is -2.38. The van der Waals surface area contributed by atoms with E-state index in [9.17, 15) is 0 Å². The molecule has 0 saturated heterocycles. The highest BCUT2D eigenvalue weighted by Crippen LogP contribution is 2.39. The predicted octanol–water partition coefficient (Wildman–Crippen LogP) is 8.15. The van der Waals surface area contributed by atoms with E-state index in [4.69, 9.17) is 26.1 Å². The van der Waals surface area contributed by atoms with Gasteiger partial charge in [-0.15, -0.1) is 0 Å². The van der Waals surface area contributed by atoms with Gasteiger partial charge in [-0.05, 0) is 93.3 Å². The van der Waals surface area contributed by atoms with Crippen molar-refractivity contribution in [2.75, 3.05) is 25.7 Å². The first kappa shape index (κ1) is 27.3. The topological polar surface area (TPSA) is 34.1 Å². The van der Waals surface area contributed by atoms with Crippen LogP contribution < -0.4 is 9.64 Å². The molecule has 0 amide bonds. The lowest BCUT2D eigenvalue weighted by atomic mass is 9.78. The van der Waals surface area contributed by atoms with Gasteiger partial charge in [-0.2, -0.15) is 0 Å². The third-order valence-electron chi connectivity index (χ3n) is 6.87. The van der Waals surface area contributed by atoms with E-state index >= 15 is 0 Å². The number of rotatable bonds is 9. The number of halogens is 1. The predicted molar refractivity (Wildman–Crippen MR) is 149 cm³/mol. The number of para-hydroxylation sites is 1. The van der Waals surface area contributed by atoms with Gasteiger partial charge in [0.25, 0.3) is 0 Å². The van der Waals surface area contributed by atoms with Crippen molar-refractivity contribution in [2.45, 2.75) is 66.4 Å². The Morgan fingerprint density at radius 1 is 1.00 bits per heavy atom. The summed E-state index contributed by atoms with van der Waals surface area (Å²) in [7, 11) is 3.51. The summed E-state index contributed by atoms with van der Waals surface area (Å²) >= 11 is 6.25. The first-order chi connectivity index (χ1) is 16.5. The van der Waals surface area contributed by atoms with Crippen molar-refractivity contribution in [2.24, 2.45) is 16.3 Å². The lowest BCUT2D eigenvalue weighted by Crippen LogP contribution is -2.37. The molecule has 0 bridgehead atoms. The second-order valence-electron chi connectivity index (χ2n) is 11.2. The van der Waals surface area contributed by atoms with Gasteiger partial charge in [0.1, 0.15) is 11.6 Å². The van der Waals surface area contributed by atoms with Gasteiger partial charge in [0.15, 0.2) is 0 Å². The van der Waals surface area contributed by atoms with Crippen LogP contribution in [0, 0.1) is 11.3 Å². The summed E-state index contributed by atoms with van der Waals surface area (Å²) in [6.45, 7) is 14.2. The van der Waals surface area contributed by atoms with Gasteiger partial charge in [-0.25, -0.2) is 0 Å². The summed E-state index contributed by atoms with van der Waals surface area (Å²) in [5, 5.41) is 0.716. The van der Waals surface area contributed by atoms with Crippen LogP contribution in [0.4, 0.5) is 5.69 Å². The second kappa shape index (κ2) is 11.2. The first-order valence-electron chi connectivity index (χ1n) is 12.4. The molecule has 35 heavy (non-hydrogen) atoms. The molecule has 190 valence electrons. The molecule has 0 N–H and O–H groups in total. The zero-order chi connectivity index (χ0) is 25.8. The van der Waals surface area contributed by atoms with Gasteiger partial charge in [-0.3, -0.25) is 9.89 Å². The van der Waals surface area contributed by atoms with Gasteiger partial charge in [0.05, 0.1) is 24.8 Å². The van der Waals surface area contributed by atoms with Crippen LogP contribution in [0.1, 0.15) is 66.4 Å². The van der Waals surface area contributed by atoms with Crippen LogP contribution in [0.15, 0.2) is 64.8 Å². The fraction of sp³-hybridized carbons (Fsp3) is 0.500. The Balaban J connectivity index is 2.11. The lowest BCUT2D eigenvalue weighted by molar-refractivity contribution is 0.00362. The third kappa shape index (κ3) is 6.89. The van der Waals surface area contributed by atoms with E-state index in [1.54, 1.807) is 14.2 Å². The fourth-order valence-electron chi connectivity index (χ4n) is 4.70. The zero-order valence-corrected chi connectivity index (χ0v) is 23.4. The largest absolute Gasteiger partial charge is 0.496 e. The van der Waals surface area contributed by atoms with Crippen LogP contribution in [0.2, 0.25) is 5.02 Å². The van der Waals surface area contributed by atoms with Gasteiger partial charge in [0.2, 0.25) is 0 Å². The molecule has 3 rings (SSSR count). The van der Waals surface area contributed by atoms with Crippen molar-refractivity contribution < 1.29 is 9.47 Å². The highest BCUT2D eigenvalue weighted by molar-refractivity contribution is 6.30. The molecule has 0 saturated carbocycles. The van der Waals surface area contributed by atoms with Gasteiger partial charge in [0, 0.05) is 23.5 Å². The SMILES string of the molecule is COc1ccccc1C1=NCC(C(CCC(C)(C)C)CC(C)(C)OC)=C(C)N1c1ccc(Cl)cc1. The van der Waals surface area contributed by atoms with Crippen molar-refractivity contribution in [3.8, 4) is 5.75 Å². The molecule has 0 spiro atoms. The summed E-state index contributed by atoms with van der Waals surface area (Å²) < 4.78 is 11.6. The Kier molecular flexibility index (Phi) is 8.72. The number of hydrogen-bond donors (Lipinski definition) is 0. The van der Waals surface area contributed by atoms with Gasteiger partial charge in [-0.1, -0.05) is 44.5 Å². The highest BCUT2D eigenvalue weighted by Gasteiger charge is 2.32.